The molecule has 0 aromatic rings. The molecule has 1 aliphatic rings. The summed E-state index contributed by atoms with van der Waals surface area (Å²) in [6, 6.07) is 0.147. The molecule has 102 valence electrons. The number of carbonyl (C=O) groups is 3. The smallest absolute Gasteiger partial charge is 0.317 e. The Bertz CT molecular complexity index is 309. The molecule has 0 aromatic heterocycles. The zero-order valence-electron chi connectivity index (χ0n) is 10.1. The molecule has 0 bridgehead atoms. The molecule has 0 heterocycles. The average Bonchev–Trinajstić information content (AvgIpc) is 2.67. The minimum Gasteiger partial charge on any atom is -0.480 e. The molecule has 0 aromatic carbocycles. The van der Waals surface area contributed by atoms with Gasteiger partial charge in [-0.25, -0.2) is 0 Å². The second-order valence-electron chi connectivity index (χ2n) is 4.48. The van der Waals surface area contributed by atoms with Crippen molar-refractivity contribution in [3.8, 4) is 0 Å². The predicted molar refractivity (Wildman–Crippen MR) is 62.1 cm³/mol. The number of amides is 1. The van der Waals surface area contributed by atoms with Gasteiger partial charge >= 0.3 is 11.9 Å². The topological polar surface area (TPSA) is 107 Å². The number of hydrogen-bond donors (Lipinski definition) is 3. The first-order valence-corrected chi connectivity index (χ1v) is 5.92. The van der Waals surface area contributed by atoms with E-state index in [-0.39, 0.29) is 18.5 Å². The Morgan fingerprint density at radius 1 is 1.00 bits per heavy atom. The first-order valence-electron chi connectivity index (χ1n) is 5.92. The van der Waals surface area contributed by atoms with Crippen LogP contribution in [0.25, 0.3) is 0 Å². The summed E-state index contributed by atoms with van der Waals surface area (Å²) in [4.78, 5) is 33.8. The maximum absolute atomic E-state index is 11.6. The van der Waals surface area contributed by atoms with Gasteiger partial charge in [-0.05, 0) is 12.8 Å². The Balaban J connectivity index is 2.39. The lowest BCUT2D eigenvalue weighted by Gasteiger charge is -2.19. The molecule has 7 heteroatoms. The first kappa shape index (κ1) is 14.4. The molecule has 0 aliphatic heterocycles. The van der Waals surface area contributed by atoms with Crippen LogP contribution in [-0.4, -0.2) is 58.6 Å². The summed E-state index contributed by atoms with van der Waals surface area (Å²) in [5.41, 5.74) is 0. The van der Waals surface area contributed by atoms with Gasteiger partial charge in [0, 0.05) is 6.04 Å². The largest absolute Gasteiger partial charge is 0.480 e. The van der Waals surface area contributed by atoms with Crippen molar-refractivity contribution in [2.24, 2.45) is 0 Å². The second kappa shape index (κ2) is 6.95. The third kappa shape index (κ3) is 5.62. The van der Waals surface area contributed by atoms with Crippen molar-refractivity contribution in [3.05, 3.63) is 0 Å². The van der Waals surface area contributed by atoms with Crippen LogP contribution < -0.4 is 5.32 Å². The van der Waals surface area contributed by atoms with E-state index in [1.807, 2.05) is 0 Å². The van der Waals surface area contributed by atoms with Gasteiger partial charge in [-0.1, -0.05) is 12.8 Å². The molecule has 0 unspecified atom stereocenters. The minimum absolute atomic E-state index is 0.147. The van der Waals surface area contributed by atoms with Gasteiger partial charge in [-0.3, -0.25) is 19.3 Å². The van der Waals surface area contributed by atoms with E-state index in [2.05, 4.69) is 5.32 Å². The van der Waals surface area contributed by atoms with Gasteiger partial charge in [0.15, 0.2) is 0 Å². The van der Waals surface area contributed by atoms with E-state index in [1.54, 1.807) is 0 Å². The van der Waals surface area contributed by atoms with Crippen LogP contribution in [-0.2, 0) is 14.4 Å². The molecular weight excluding hydrogens is 240 g/mol. The van der Waals surface area contributed by atoms with Crippen molar-refractivity contribution in [1.82, 2.24) is 10.2 Å². The Morgan fingerprint density at radius 3 is 1.94 bits per heavy atom. The van der Waals surface area contributed by atoms with Gasteiger partial charge in [0.1, 0.15) is 0 Å². The number of carbonyl (C=O) groups excluding carboxylic acids is 1. The summed E-state index contributed by atoms with van der Waals surface area (Å²) in [5.74, 6) is -2.61. The molecular formula is C11H18N2O5. The lowest BCUT2D eigenvalue weighted by atomic mass is 10.2. The van der Waals surface area contributed by atoms with Crippen molar-refractivity contribution in [3.63, 3.8) is 0 Å². The highest BCUT2D eigenvalue weighted by Gasteiger charge is 2.20. The normalized spacial score (nSPS) is 15.8. The van der Waals surface area contributed by atoms with Crippen molar-refractivity contribution in [1.29, 1.82) is 0 Å². The zero-order chi connectivity index (χ0) is 13.5. The number of aliphatic carboxylic acids is 2. The summed E-state index contributed by atoms with van der Waals surface area (Å²) in [6.45, 7) is -1.11. The average molecular weight is 258 g/mol. The second-order valence-corrected chi connectivity index (χ2v) is 4.48. The van der Waals surface area contributed by atoms with Crippen LogP contribution in [0.2, 0.25) is 0 Å². The summed E-state index contributed by atoms with van der Waals surface area (Å²) in [6.07, 6.45) is 4.03. The number of carboxylic acid groups (broad SMARTS) is 2. The molecule has 1 amide bonds. The third-order valence-electron chi connectivity index (χ3n) is 2.81. The van der Waals surface area contributed by atoms with Gasteiger partial charge < -0.3 is 15.5 Å². The van der Waals surface area contributed by atoms with Gasteiger partial charge in [0.2, 0.25) is 5.91 Å². The molecule has 0 radical (unpaired) electrons. The minimum atomic E-state index is -1.15. The molecule has 1 aliphatic carbocycles. The fraction of sp³-hybridized carbons (Fsp3) is 0.727. The van der Waals surface area contributed by atoms with Crippen LogP contribution in [0, 0.1) is 0 Å². The number of nitrogens with zero attached hydrogens (tertiary/aromatic N) is 1. The Labute approximate surface area is 105 Å². The fourth-order valence-electron chi connectivity index (χ4n) is 2.10. The maximum atomic E-state index is 11.6. The fourth-order valence-corrected chi connectivity index (χ4v) is 2.10. The summed E-state index contributed by atoms with van der Waals surface area (Å²) in [5, 5.41) is 20.0. The van der Waals surface area contributed by atoms with E-state index >= 15 is 0 Å². The Morgan fingerprint density at radius 2 is 1.50 bits per heavy atom. The van der Waals surface area contributed by atoms with Crippen LogP contribution in [0.4, 0.5) is 0 Å². The van der Waals surface area contributed by atoms with Crippen LogP contribution >= 0.6 is 0 Å². The van der Waals surface area contributed by atoms with Crippen LogP contribution in [0.3, 0.4) is 0 Å². The SMILES string of the molecule is O=C(O)CN(CC(=O)O)CC(=O)NC1CCCC1. The maximum Gasteiger partial charge on any atom is 0.317 e. The first-order chi connectivity index (χ1) is 8.47. The lowest BCUT2D eigenvalue weighted by Crippen LogP contribution is -2.44. The van der Waals surface area contributed by atoms with Gasteiger partial charge in [0.05, 0.1) is 19.6 Å². The standard InChI is InChI=1S/C11H18N2O5/c14-9(12-8-3-1-2-4-8)5-13(6-10(15)16)7-11(17)18/h8H,1-7H2,(H,12,14)(H,15,16)(H,17,18). The van der Waals surface area contributed by atoms with Crippen LogP contribution in [0.5, 0.6) is 0 Å². The van der Waals surface area contributed by atoms with Gasteiger partial charge in [-0.2, -0.15) is 0 Å². The van der Waals surface area contributed by atoms with E-state index in [0.717, 1.165) is 30.6 Å². The van der Waals surface area contributed by atoms with Crippen molar-refractivity contribution >= 4 is 17.8 Å². The number of carboxylic acids is 2. The molecule has 3 N–H and O–H groups in total. The molecule has 0 saturated heterocycles. The van der Waals surface area contributed by atoms with Crippen molar-refractivity contribution in [2.45, 2.75) is 31.7 Å². The monoisotopic (exact) mass is 258 g/mol. The highest BCUT2D eigenvalue weighted by Crippen LogP contribution is 2.17. The molecule has 1 saturated carbocycles. The molecule has 7 nitrogen and oxygen atoms in total. The number of rotatable bonds is 7. The number of hydrogen-bond acceptors (Lipinski definition) is 4. The van der Waals surface area contributed by atoms with E-state index in [1.165, 1.54) is 0 Å². The Kier molecular flexibility index (Phi) is 5.57. The highest BCUT2D eigenvalue weighted by atomic mass is 16.4. The number of nitrogens with one attached hydrogen (secondary N) is 1. The van der Waals surface area contributed by atoms with E-state index in [0.29, 0.717) is 0 Å². The summed E-state index contributed by atoms with van der Waals surface area (Å²) < 4.78 is 0. The lowest BCUT2D eigenvalue weighted by molar-refractivity contribution is -0.142. The van der Waals surface area contributed by atoms with Crippen molar-refractivity contribution < 1.29 is 24.6 Å². The quantitative estimate of drug-likeness (QED) is 0.569. The van der Waals surface area contributed by atoms with E-state index < -0.39 is 25.0 Å². The molecule has 1 rings (SSSR count). The van der Waals surface area contributed by atoms with Crippen molar-refractivity contribution in [2.75, 3.05) is 19.6 Å². The van der Waals surface area contributed by atoms with Gasteiger partial charge in [-0.15, -0.1) is 0 Å². The summed E-state index contributed by atoms with van der Waals surface area (Å²) in [7, 11) is 0. The summed E-state index contributed by atoms with van der Waals surface area (Å²) >= 11 is 0. The molecule has 0 spiro atoms. The van der Waals surface area contributed by atoms with Crippen LogP contribution in [0.15, 0.2) is 0 Å². The highest BCUT2D eigenvalue weighted by molar-refractivity contribution is 5.80. The zero-order valence-corrected chi connectivity index (χ0v) is 10.1. The van der Waals surface area contributed by atoms with Crippen LogP contribution in [0.1, 0.15) is 25.7 Å². The van der Waals surface area contributed by atoms with E-state index in [4.69, 9.17) is 10.2 Å². The van der Waals surface area contributed by atoms with Gasteiger partial charge in [0.25, 0.3) is 0 Å². The molecule has 18 heavy (non-hydrogen) atoms. The third-order valence-corrected chi connectivity index (χ3v) is 2.81. The molecule has 0 atom stereocenters. The molecule has 1 fully saturated rings. The van der Waals surface area contributed by atoms with E-state index in [9.17, 15) is 14.4 Å². The Hall–Kier alpha value is -1.63. The predicted octanol–water partition coefficient (Wildman–Crippen LogP) is -0.484.